The average Bonchev–Trinajstić information content (AvgIpc) is 3.04. The molecule has 1 aromatic carbocycles. The maximum Gasteiger partial charge on any atom is 0.319 e. The highest BCUT2D eigenvalue weighted by Crippen LogP contribution is 2.15. The number of carbonyl (C=O) groups excluding carboxylic acids is 1. The molecule has 24 heavy (non-hydrogen) atoms. The van der Waals surface area contributed by atoms with E-state index in [2.05, 4.69) is 25.8 Å². The zero-order valence-corrected chi connectivity index (χ0v) is 13.2. The molecule has 0 fully saturated rings. The van der Waals surface area contributed by atoms with Crippen LogP contribution in [0.4, 0.5) is 10.5 Å². The Kier molecular flexibility index (Phi) is 4.81. The fourth-order valence-corrected chi connectivity index (χ4v) is 2.15. The number of pyridine rings is 1. The van der Waals surface area contributed by atoms with Gasteiger partial charge in [0.1, 0.15) is 0 Å². The quantitative estimate of drug-likeness (QED) is 0.753. The van der Waals surface area contributed by atoms with Crippen LogP contribution in [0.25, 0.3) is 11.5 Å². The van der Waals surface area contributed by atoms with Crippen molar-refractivity contribution in [1.29, 1.82) is 0 Å². The monoisotopic (exact) mass is 323 g/mol. The van der Waals surface area contributed by atoms with Gasteiger partial charge in [0.25, 0.3) is 5.89 Å². The van der Waals surface area contributed by atoms with Gasteiger partial charge in [-0.1, -0.05) is 17.3 Å². The molecule has 0 aliphatic heterocycles. The highest BCUT2D eigenvalue weighted by atomic mass is 16.5. The number of hydrogen-bond donors (Lipinski definition) is 2. The van der Waals surface area contributed by atoms with Crippen molar-refractivity contribution >= 4 is 11.7 Å². The van der Waals surface area contributed by atoms with Crippen molar-refractivity contribution in [3.63, 3.8) is 0 Å². The van der Waals surface area contributed by atoms with E-state index in [0.717, 1.165) is 16.8 Å². The van der Waals surface area contributed by atoms with E-state index in [1.54, 1.807) is 18.5 Å². The minimum absolute atomic E-state index is 0.267. The zero-order chi connectivity index (χ0) is 16.8. The molecule has 2 aromatic heterocycles. The van der Waals surface area contributed by atoms with Crippen molar-refractivity contribution in [2.45, 2.75) is 13.3 Å². The summed E-state index contributed by atoms with van der Waals surface area (Å²) in [5.41, 5.74) is 2.61. The molecule has 0 radical (unpaired) electrons. The molecule has 0 atom stereocenters. The summed E-state index contributed by atoms with van der Waals surface area (Å²) in [4.78, 5) is 20.1. The van der Waals surface area contributed by atoms with Crippen LogP contribution in [0.1, 0.15) is 11.4 Å². The summed E-state index contributed by atoms with van der Waals surface area (Å²) < 4.78 is 5.19. The smallest absolute Gasteiger partial charge is 0.319 e. The molecule has 0 saturated carbocycles. The molecular formula is C17H17N5O2. The Bertz CT molecular complexity index is 817. The first-order valence-electron chi connectivity index (χ1n) is 7.55. The van der Waals surface area contributed by atoms with Crippen molar-refractivity contribution in [2.24, 2.45) is 0 Å². The average molecular weight is 323 g/mol. The summed E-state index contributed by atoms with van der Waals surface area (Å²) in [5, 5.41) is 9.44. The fourth-order valence-electron chi connectivity index (χ4n) is 2.15. The third kappa shape index (κ3) is 4.16. The summed E-state index contributed by atoms with van der Waals surface area (Å²) in [6.07, 6.45) is 3.81. The molecule has 2 amide bonds. The second-order valence-electron chi connectivity index (χ2n) is 5.26. The summed E-state index contributed by atoms with van der Waals surface area (Å²) >= 11 is 0. The van der Waals surface area contributed by atoms with Gasteiger partial charge in [-0.05, 0) is 36.8 Å². The third-order valence-corrected chi connectivity index (χ3v) is 3.29. The second-order valence-corrected chi connectivity index (χ2v) is 5.26. The second kappa shape index (κ2) is 7.36. The predicted molar refractivity (Wildman–Crippen MR) is 89.4 cm³/mol. The van der Waals surface area contributed by atoms with Crippen molar-refractivity contribution in [3.05, 3.63) is 60.2 Å². The number of amides is 2. The van der Waals surface area contributed by atoms with Gasteiger partial charge >= 0.3 is 6.03 Å². The van der Waals surface area contributed by atoms with E-state index in [0.29, 0.717) is 24.7 Å². The van der Waals surface area contributed by atoms with Gasteiger partial charge < -0.3 is 15.2 Å². The maximum absolute atomic E-state index is 11.8. The van der Waals surface area contributed by atoms with Gasteiger partial charge in [0.05, 0.1) is 5.56 Å². The first-order chi connectivity index (χ1) is 11.7. The van der Waals surface area contributed by atoms with Gasteiger partial charge in [-0.2, -0.15) is 4.98 Å². The molecule has 0 saturated heterocycles. The SMILES string of the molecule is Cc1cccc(NC(=O)NCCc2noc(-c3cccnc3)n2)c1. The normalized spacial score (nSPS) is 10.4. The van der Waals surface area contributed by atoms with E-state index < -0.39 is 0 Å². The lowest BCUT2D eigenvalue weighted by molar-refractivity contribution is 0.252. The Balaban J connectivity index is 1.48. The minimum Gasteiger partial charge on any atom is -0.337 e. The van der Waals surface area contributed by atoms with Crippen LogP contribution in [0.2, 0.25) is 0 Å². The van der Waals surface area contributed by atoms with Crippen LogP contribution >= 0.6 is 0 Å². The van der Waals surface area contributed by atoms with Crippen LogP contribution in [0, 0.1) is 6.92 Å². The number of aryl methyl sites for hydroxylation is 1. The summed E-state index contributed by atoms with van der Waals surface area (Å²) in [7, 11) is 0. The molecule has 3 aromatic rings. The summed E-state index contributed by atoms with van der Waals surface area (Å²) in [5.74, 6) is 0.951. The fraction of sp³-hybridized carbons (Fsp3) is 0.176. The highest BCUT2D eigenvalue weighted by Gasteiger charge is 2.09. The Morgan fingerprint density at radius 1 is 1.25 bits per heavy atom. The van der Waals surface area contributed by atoms with Gasteiger partial charge in [-0.25, -0.2) is 4.79 Å². The van der Waals surface area contributed by atoms with Crippen molar-refractivity contribution in [3.8, 4) is 11.5 Å². The highest BCUT2D eigenvalue weighted by molar-refractivity contribution is 5.89. The molecule has 3 rings (SSSR count). The van der Waals surface area contributed by atoms with E-state index >= 15 is 0 Å². The molecule has 2 N–H and O–H groups in total. The van der Waals surface area contributed by atoms with Crippen molar-refractivity contribution in [1.82, 2.24) is 20.4 Å². The number of benzene rings is 1. The van der Waals surface area contributed by atoms with Crippen molar-refractivity contribution < 1.29 is 9.32 Å². The van der Waals surface area contributed by atoms with Gasteiger partial charge in [-0.3, -0.25) is 4.98 Å². The standard InChI is InChI=1S/C17H17N5O2/c1-12-4-2-6-14(10-12)20-17(23)19-9-7-15-21-16(24-22-15)13-5-3-8-18-11-13/h2-6,8,10-11H,7,9H2,1H3,(H2,19,20,23). The summed E-state index contributed by atoms with van der Waals surface area (Å²) in [6.45, 7) is 2.38. The van der Waals surface area contributed by atoms with Gasteiger partial charge in [-0.15, -0.1) is 0 Å². The number of hydrogen-bond acceptors (Lipinski definition) is 5. The predicted octanol–water partition coefficient (Wildman–Crippen LogP) is 2.80. The lowest BCUT2D eigenvalue weighted by atomic mass is 10.2. The van der Waals surface area contributed by atoms with Crippen LogP contribution in [-0.4, -0.2) is 27.7 Å². The molecule has 122 valence electrons. The van der Waals surface area contributed by atoms with Crippen LogP contribution < -0.4 is 10.6 Å². The Hall–Kier alpha value is -3.22. The largest absolute Gasteiger partial charge is 0.337 e. The first kappa shape index (κ1) is 15.7. The number of carbonyl (C=O) groups is 1. The Labute approximate surface area is 139 Å². The van der Waals surface area contributed by atoms with Crippen LogP contribution in [0.15, 0.2) is 53.3 Å². The first-order valence-corrected chi connectivity index (χ1v) is 7.55. The molecule has 0 unspecified atom stereocenters. The van der Waals surface area contributed by atoms with Gasteiger partial charge in [0.15, 0.2) is 5.82 Å². The Morgan fingerprint density at radius 2 is 2.17 bits per heavy atom. The molecule has 0 aliphatic carbocycles. The zero-order valence-electron chi connectivity index (χ0n) is 13.2. The molecule has 2 heterocycles. The van der Waals surface area contributed by atoms with E-state index in [1.165, 1.54) is 0 Å². The topological polar surface area (TPSA) is 92.9 Å². The van der Waals surface area contributed by atoms with Crippen LogP contribution in [0.5, 0.6) is 0 Å². The van der Waals surface area contributed by atoms with Crippen molar-refractivity contribution in [2.75, 3.05) is 11.9 Å². The van der Waals surface area contributed by atoms with Gasteiger partial charge in [0.2, 0.25) is 0 Å². The summed E-state index contributed by atoms with van der Waals surface area (Å²) in [6, 6.07) is 11.0. The number of anilines is 1. The van der Waals surface area contributed by atoms with Crippen LogP contribution in [0.3, 0.4) is 0 Å². The van der Waals surface area contributed by atoms with Crippen LogP contribution in [-0.2, 0) is 6.42 Å². The number of urea groups is 1. The maximum atomic E-state index is 11.8. The number of aromatic nitrogens is 3. The van der Waals surface area contributed by atoms with Gasteiger partial charge in [0, 0.05) is 31.0 Å². The minimum atomic E-state index is -0.267. The van der Waals surface area contributed by atoms with E-state index in [-0.39, 0.29) is 6.03 Å². The number of nitrogens with one attached hydrogen (secondary N) is 2. The molecule has 7 nitrogen and oxygen atoms in total. The molecule has 7 heteroatoms. The number of rotatable bonds is 5. The van der Waals surface area contributed by atoms with E-state index in [1.807, 2.05) is 37.3 Å². The third-order valence-electron chi connectivity index (χ3n) is 3.29. The van der Waals surface area contributed by atoms with E-state index in [4.69, 9.17) is 4.52 Å². The lowest BCUT2D eigenvalue weighted by Gasteiger charge is -2.07. The molecule has 0 bridgehead atoms. The van der Waals surface area contributed by atoms with E-state index in [9.17, 15) is 4.79 Å². The lowest BCUT2D eigenvalue weighted by Crippen LogP contribution is -2.30. The Morgan fingerprint density at radius 3 is 2.96 bits per heavy atom. The molecule has 0 spiro atoms. The number of nitrogens with zero attached hydrogens (tertiary/aromatic N) is 3. The molecule has 0 aliphatic rings. The molecular weight excluding hydrogens is 306 g/mol.